The second kappa shape index (κ2) is 8.92. The van der Waals surface area contributed by atoms with Crippen LogP contribution in [0.1, 0.15) is 24.2 Å². The summed E-state index contributed by atoms with van der Waals surface area (Å²) in [6.45, 7) is 9.71. The smallest absolute Gasteiger partial charge is 0.176 e. The lowest BCUT2D eigenvalue weighted by molar-refractivity contribution is 0.0860. The van der Waals surface area contributed by atoms with E-state index < -0.39 is 0 Å². The molecule has 22 heavy (non-hydrogen) atoms. The van der Waals surface area contributed by atoms with Gasteiger partial charge in [-0.3, -0.25) is 14.6 Å². The first kappa shape index (κ1) is 17.8. The Hall–Kier alpha value is -0.550. The number of ketones is 1. The van der Waals surface area contributed by atoms with Gasteiger partial charge in [-0.15, -0.1) is 23.4 Å². The van der Waals surface area contributed by atoms with Crippen molar-refractivity contribution < 1.29 is 4.79 Å². The molecule has 1 aromatic rings. The first-order valence-electron chi connectivity index (χ1n) is 7.89. The molecular formula is C17H25ClN2OS. The lowest BCUT2D eigenvalue weighted by atomic mass is 10.1. The Morgan fingerprint density at radius 1 is 1.14 bits per heavy atom. The van der Waals surface area contributed by atoms with E-state index in [1.165, 1.54) is 4.90 Å². The van der Waals surface area contributed by atoms with E-state index in [1.807, 2.05) is 23.9 Å². The van der Waals surface area contributed by atoms with Crippen LogP contribution in [0.15, 0.2) is 29.2 Å². The molecular weight excluding hydrogens is 316 g/mol. The first-order valence-corrected chi connectivity index (χ1v) is 9.30. The molecule has 122 valence electrons. The predicted octanol–water partition coefficient (Wildman–Crippen LogP) is 3.23. The van der Waals surface area contributed by atoms with Gasteiger partial charge in [-0.1, -0.05) is 26.0 Å². The number of rotatable bonds is 7. The summed E-state index contributed by atoms with van der Waals surface area (Å²) in [4.78, 5) is 18.2. The quantitative estimate of drug-likeness (QED) is 0.432. The minimum Gasteiger partial charge on any atom is -0.300 e. The van der Waals surface area contributed by atoms with Crippen molar-refractivity contribution in [3.05, 3.63) is 29.8 Å². The molecule has 0 amide bonds. The Bertz CT molecular complexity index is 470. The summed E-state index contributed by atoms with van der Waals surface area (Å²) in [5, 5.41) is 0.561. The van der Waals surface area contributed by atoms with Crippen molar-refractivity contribution in [1.29, 1.82) is 0 Å². The summed E-state index contributed by atoms with van der Waals surface area (Å²) in [6, 6.07) is 8.01. The van der Waals surface area contributed by atoms with Gasteiger partial charge in [0.15, 0.2) is 5.78 Å². The number of alkyl halides is 1. The second-order valence-electron chi connectivity index (χ2n) is 5.92. The minimum absolute atomic E-state index is 0.215. The normalized spacial score (nSPS) is 17.1. The molecule has 1 aliphatic rings. The maximum absolute atomic E-state index is 12.4. The largest absolute Gasteiger partial charge is 0.300 e. The van der Waals surface area contributed by atoms with E-state index >= 15 is 0 Å². The SMILES string of the molecule is CC(C)Sc1ccc(C(=O)CN2CCN(CCCl)CC2)cc1. The Morgan fingerprint density at radius 2 is 1.73 bits per heavy atom. The number of thioether (sulfide) groups is 1. The fourth-order valence-corrected chi connectivity index (χ4v) is 3.65. The van der Waals surface area contributed by atoms with Gasteiger partial charge in [0.25, 0.3) is 0 Å². The molecule has 0 saturated carbocycles. The summed E-state index contributed by atoms with van der Waals surface area (Å²) in [5.41, 5.74) is 0.816. The molecule has 0 aromatic heterocycles. The maximum atomic E-state index is 12.4. The molecule has 1 aromatic carbocycles. The molecule has 1 saturated heterocycles. The van der Waals surface area contributed by atoms with E-state index in [1.54, 1.807) is 0 Å². The number of hydrogen-bond acceptors (Lipinski definition) is 4. The number of Topliss-reactive ketones (excluding diaryl/α,β-unsaturated/α-hetero) is 1. The van der Waals surface area contributed by atoms with Gasteiger partial charge in [-0.25, -0.2) is 0 Å². The van der Waals surface area contributed by atoms with Crippen molar-refractivity contribution >= 4 is 29.1 Å². The van der Waals surface area contributed by atoms with Gasteiger partial charge in [0.2, 0.25) is 0 Å². The number of hydrogen-bond donors (Lipinski definition) is 0. The number of benzene rings is 1. The Morgan fingerprint density at radius 3 is 2.27 bits per heavy atom. The third-order valence-electron chi connectivity index (χ3n) is 3.78. The monoisotopic (exact) mass is 340 g/mol. The average molecular weight is 341 g/mol. The minimum atomic E-state index is 0.215. The van der Waals surface area contributed by atoms with E-state index in [-0.39, 0.29) is 5.78 Å². The number of halogens is 1. The third kappa shape index (κ3) is 5.58. The number of carbonyl (C=O) groups excluding carboxylic acids is 1. The van der Waals surface area contributed by atoms with Gasteiger partial charge in [-0.05, 0) is 12.1 Å². The van der Waals surface area contributed by atoms with Crippen LogP contribution >= 0.6 is 23.4 Å². The van der Waals surface area contributed by atoms with Crippen LogP contribution in [-0.2, 0) is 0 Å². The van der Waals surface area contributed by atoms with E-state index in [0.717, 1.165) is 38.3 Å². The fourth-order valence-electron chi connectivity index (χ4n) is 2.58. The van der Waals surface area contributed by atoms with Gasteiger partial charge in [-0.2, -0.15) is 0 Å². The molecule has 1 aliphatic heterocycles. The van der Waals surface area contributed by atoms with E-state index in [0.29, 0.717) is 17.7 Å². The van der Waals surface area contributed by atoms with Crippen molar-refractivity contribution in [2.45, 2.75) is 24.0 Å². The zero-order valence-corrected chi connectivity index (χ0v) is 15.0. The lowest BCUT2D eigenvalue weighted by Crippen LogP contribution is -2.48. The highest BCUT2D eigenvalue weighted by atomic mass is 35.5. The Kier molecular flexibility index (Phi) is 7.22. The van der Waals surface area contributed by atoms with Crippen molar-refractivity contribution in [2.75, 3.05) is 45.1 Å². The molecule has 1 fully saturated rings. The van der Waals surface area contributed by atoms with E-state index in [4.69, 9.17) is 11.6 Å². The van der Waals surface area contributed by atoms with Gasteiger partial charge >= 0.3 is 0 Å². The Labute approximate surface area is 143 Å². The van der Waals surface area contributed by atoms with Crippen LogP contribution in [0, 0.1) is 0 Å². The topological polar surface area (TPSA) is 23.6 Å². The Balaban J connectivity index is 1.82. The highest BCUT2D eigenvalue weighted by molar-refractivity contribution is 7.99. The fraction of sp³-hybridized carbons (Fsp3) is 0.588. The molecule has 1 heterocycles. The zero-order chi connectivity index (χ0) is 15.9. The molecule has 0 aliphatic carbocycles. The van der Waals surface area contributed by atoms with Crippen LogP contribution in [0.4, 0.5) is 0 Å². The van der Waals surface area contributed by atoms with Crippen LogP contribution < -0.4 is 0 Å². The van der Waals surface area contributed by atoms with Crippen LogP contribution in [0.25, 0.3) is 0 Å². The molecule has 2 rings (SSSR count). The molecule has 0 atom stereocenters. The summed E-state index contributed by atoms with van der Waals surface area (Å²) in [5.74, 6) is 0.895. The number of piperazine rings is 1. The van der Waals surface area contributed by atoms with Gasteiger partial charge < -0.3 is 0 Å². The van der Waals surface area contributed by atoms with Crippen LogP contribution in [0.2, 0.25) is 0 Å². The molecule has 0 radical (unpaired) electrons. The van der Waals surface area contributed by atoms with Crippen molar-refractivity contribution in [1.82, 2.24) is 9.80 Å². The van der Waals surface area contributed by atoms with Crippen molar-refractivity contribution in [3.8, 4) is 0 Å². The zero-order valence-electron chi connectivity index (χ0n) is 13.4. The van der Waals surface area contributed by atoms with Gasteiger partial charge in [0.1, 0.15) is 0 Å². The highest BCUT2D eigenvalue weighted by Gasteiger charge is 2.19. The standard InChI is InChI=1S/C17H25ClN2OS/c1-14(2)22-16-5-3-15(4-6-16)17(21)13-20-11-9-19(8-7-18)10-12-20/h3-6,14H,7-13H2,1-2H3. The third-order valence-corrected chi connectivity index (χ3v) is 4.97. The molecule has 5 heteroatoms. The highest BCUT2D eigenvalue weighted by Crippen LogP contribution is 2.23. The van der Waals surface area contributed by atoms with E-state index in [9.17, 15) is 4.79 Å². The molecule has 0 spiro atoms. The van der Waals surface area contributed by atoms with Gasteiger partial charge in [0, 0.05) is 54.3 Å². The number of nitrogens with zero attached hydrogens (tertiary/aromatic N) is 2. The maximum Gasteiger partial charge on any atom is 0.176 e. The van der Waals surface area contributed by atoms with Crippen molar-refractivity contribution in [3.63, 3.8) is 0 Å². The number of carbonyl (C=O) groups is 1. The lowest BCUT2D eigenvalue weighted by Gasteiger charge is -2.33. The van der Waals surface area contributed by atoms with Crippen molar-refractivity contribution in [2.24, 2.45) is 0 Å². The van der Waals surface area contributed by atoms with Crippen LogP contribution in [0.5, 0.6) is 0 Å². The second-order valence-corrected chi connectivity index (χ2v) is 7.95. The molecule has 0 N–H and O–H groups in total. The average Bonchev–Trinajstić information content (AvgIpc) is 2.49. The molecule has 3 nitrogen and oxygen atoms in total. The van der Waals surface area contributed by atoms with E-state index in [2.05, 4.69) is 35.8 Å². The predicted molar refractivity (Wildman–Crippen MR) is 95.4 cm³/mol. The molecule has 0 bridgehead atoms. The van der Waals surface area contributed by atoms with Crippen LogP contribution in [0.3, 0.4) is 0 Å². The summed E-state index contributed by atoms with van der Waals surface area (Å²) in [6.07, 6.45) is 0. The summed E-state index contributed by atoms with van der Waals surface area (Å²) < 4.78 is 0. The summed E-state index contributed by atoms with van der Waals surface area (Å²) >= 11 is 7.59. The van der Waals surface area contributed by atoms with Crippen LogP contribution in [-0.4, -0.2) is 66.0 Å². The molecule has 0 unspecified atom stereocenters. The van der Waals surface area contributed by atoms with Gasteiger partial charge in [0.05, 0.1) is 6.54 Å². The first-order chi connectivity index (χ1) is 10.6. The summed E-state index contributed by atoms with van der Waals surface area (Å²) in [7, 11) is 0.